The lowest BCUT2D eigenvalue weighted by molar-refractivity contribution is 0.0501. The minimum absolute atomic E-state index is 0.261. The summed E-state index contributed by atoms with van der Waals surface area (Å²) >= 11 is 0. The molecular weight excluding hydrogens is 296 g/mol. The summed E-state index contributed by atoms with van der Waals surface area (Å²) in [6.07, 6.45) is -0.450. The average molecular weight is 322 g/mol. The predicted molar refractivity (Wildman–Crippen MR) is 88.3 cm³/mol. The number of carbonyl (C=O) groups excluding carboxylic acids is 2. The Bertz CT molecular complexity index is 538. The van der Waals surface area contributed by atoms with Gasteiger partial charge in [0.2, 0.25) is 0 Å². The quantitative estimate of drug-likeness (QED) is 0.872. The normalized spacial score (nSPS) is 12.2. The van der Waals surface area contributed by atoms with E-state index in [0.29, 0.717) is 13.0 Å². The number of methoxy groups -OCH3 is 1. The molecule has 2 amide bonds. The van der Waals surface area contributed by atoms with Crippen LogP contribution in [0.15, 0.2) is 24.3 Å². The van der Waals surface area contributed by atoms with Crippen LogP contribution in [0, 0.1) is 6.92 Å². The van der Waals surface area contributed by atoms with Gasteiger partial charge in [0.1, 0.15) is 5.60 Å². The molecule has 0 radical (unpaired) electrons. The van der Waals surface area contributed by atoms with Crippen molar-refractivity contribution < 1.29 is 19.1 Å². The number of ether oxygens (including phenoxy) is 2. The van der Waals surface area contributed by atoms with Crippen molar-refractivity contribution in [3.63, 3.8) is 0 Å². The Morgan fingerprint density at radius 1 is 1.17 bits per heavy atom. The van der Waals surface area contributed by atoms with Gasteiger partial charge in [-0.25, -0.2) is 9.59 Å². The fourth-order valence-corrected chi connectivity index (χ4v) is 2.12. The second-order valence-electron chi connectivity index (χ2n) is 6.26. The van der Waals surface area contributed by atoms with Gasteiger partial charge in [-0.3, -0.25) is 0 Å². The van der Waals surface area contributed by atoms with Crippen molar-refractivity contribution in [1.29, 1.82) is 0 Å². The highest BCUT2D eigenvalue weighted by Gasteiger charge is 2.21. The van der Waals surface area contributed by atoms with Crippen LogP contribution in [0.5, 0.6) is 0 Å². The summed E-state index contributed by atoms with van der Waals surface area (Å²) in [7, 11) is 1.31. The van der Waals surface area contributed by atoms with Crippen LogP contribution in [0.1, 0.15) is 44.4 Å². The van der Waals surface area contributed by atoms with Crippen LogP contribution in [-0.4, -0.2) is 31.4 Å². The van der Waals surface area contributed by atoms with Crippen LogP contribution >= 0.6 is 0 Å². The van der Waals surface area contributed by atoms with Crippen LogP contribution in [-0.2, 0) is 9.47 Å². The molecule has 0 spiro atoms. The number of rotatable bonds is 5. The third kappa shape index (κ3) is 7.04. The zero-order chi connectivity index (χ0) is 17.5. The number of hydrogen-bond donors (Lipinski definition) is 2. The molecule has 0 aromatic heterocycles. The molecule has 0 bridgehead atoms. The predicted octanol–water partition coefficient (Wildman–Crippen LogP) is 3.31. The van der Waals surface area contributed by atoms with Gasteiger partial charge in [-0.05, 0) is 45.2 Å². The van der Waals surface area contributed by atoms with E-state index < -0.39 is 17.8 Å². The third-order valence-electron chi connectivity index (χ3n) is 3.14. The molecule has 128 valence electrons. The Hall–Kier alpha value is -2.24. The van der Waals surface area contributed by atoms with E-state index in [1.807, 2.05) is 52.0 Å². The van der Waals surface area contributed by atoms with Crippen molar-refractivity contribution in [3.8, 4) is 0 Å². The Labute approximate surface area is 137 Å². The summed E-state index contributed by atoms with van der Waals surface area (Å²) in [5.41, 5.74) is 1.49. The third-order valence-corrected chi connectivity index (χ3v) is 3.14. The van der Waals surface area contributed by atoms with Gasteiger partial charge in [0.05, 0.1) is 13.2 Å². The van der Waals surface area contributed by atoms with Crippen molar-refractivity contribution in [2.45, 2.75) is 45.8 Å². The van der Waals surface area contributed by atoms with Gasteiger partial charge in [0, 0.05) is 6.54 Å². The standard InChI is InChI=1S/C17H26N2O4/c1-12-8-6-7-9-13(12)14(10-11-18-15(20)22-5)19-16(21)23-17(2,3)4/h6-9,14H,10-11H2,1-5H3,(H,18,20)(H,19,21)/t14-/m0/s1. The maximum atomic E-state index is 12.1. The van der Waals surface area contributed by atoms with Crippen LogP contribution in [0.2, 0.25) is 0 Å². The molecule has 0 unspecified atom stereocenters. The van der Waals surface area contributed by atoms with Crippen LogP contribution in [0.4, 0.5) is 9.59 Å². The highest BCUT2D eigenvalue weighted by atomic mass is 16.6. The number of benzene rings is 1. The summed E-state index contributed by atoms with van der Waals surface area (Å²) in [5.74, 6) is 0. The van der Waals surface area contributed by atoms with E-state index in [-0.39, 0.29) is 6.04 Å². The van der Waals surface area contributed by atoms with Gasteiger partial charge >= 0.3 is 12.2 Å². The Morgan fingerprint density at radius 2 is 1.83 bits per heavy atom. The van der Waals surface area contributed by atoms with Crippen molar-refractivity contribution in [1.82, 2.24) is 10.6 Å². The van der Waals surface area contributed by atoms with Gasteiger partial charge in [0.25, 0.3) is 0 Å². The fourth-order valence-electron chi connectivity index (χ4n) is 2.12. The first kappa shape index (κ1) is 18.8. The lowest BCUT2D eigenvalue weighted by atomic mass is 9.99. The molecular formula is C17H26N2O4. The molecule has 1 rings (SSSR count). The summed E-state index contributed by atoms with van der Waals surface area (Å²) < 4.78 is 9.86. The molecule has 6 nitrogen and oxygen atoms in total. The molecule has 0 aliphatic rings. The van der Waals surface area contributed by atoms with Crippen LogP contribution in [0.3, 0.4) is 0 Å². The average Bonchev–Trinajstić information content (AvgIpc) is 2.44. The molecule has 1 atom stereocenters. The largest absolute Gasteiger partial charge is 0.453 e. The van der Waals surface area contributed by atoms with Crippen LogP contribution in [0.25, 0.3) is 0 Å². The number of aryl methyl sites for hydroxylation is 1. The molecule has 0 fully saturated rings. The molecule has 2 N–H and O–H groups in total. The molecule has 1 aromatic carbocycles. The highest BCUT2D eigenvalue weighted by Crippen LogP contribution is 2.21. The lowest BCUT2D eigenvalue weighted by Crippen LogP contribution is -2.37. The monoisotopic (exact) mass is 322 g/mol. The maximum absolute atomic E-state index is 12.1. The van der Waals surface area contributed by atoms with Gasteiger partial charge in [-0.1, -0.05) is 24.3 Å². The lowest BCUT2D eigenvalue weighted by Gasteiger charge is -2.25. The Balaban J connectivity index is 2.78. The van der Waals surface area contributed by atoms with E-state index in [2.05, 4.69) is 15.4 Å². The second kappa shape index (κ2) is 8.41. The zero-order valence-corrected chi connectivity index (χ0v) is 14.4. The topological polar surface area (TPSA) is 76.7 Å². The first-order chi connectivity index (χ1) is 10.7. The molecule has 0 saturated carbocycles. The van der Waals surface area contributed by atoms with Crippen molar-refractivity contribution in [2.75, 3.05) is 13.7 Å². The van der Waals surface area contributed by atoms with Crippen molar-refractivity contribution >= 4 is 12.2 Å². The Morgan fingerprint density at radius 3 is 2.39 bits per heavy atom. The molecule has 0 heterocycles. The van der Waals surface area contributed by atoms with Crippen LogP contribution < -0.4 is 10.6 Å². The molecule has 0 aliphatic carbocycles. The minimum Gasteiger partial charge on any atom is -0.453 e. The van der Waals surface area contributed by atoms with Gasteiger partial charge < -0.3 is 20.1 Å². The summed E-state index contributed by atoms with van der Waals surface area (Å²) in [6.45, 7) is 7.80. The summed E-state index contributed by atoms with van der Waals surface area (Å²) in [5, 5.41) is 5.49. The maximum Gasteiger partial charge on any atom is 0.408 e. The zero-order valence-electron chi connectivity index (χ0n) is 14.4. The van der Waals surface area contributed by atoms with E-state index in [9.17, 15) is 9.59 Å². The number of alkyl carbamates (subject to hydrolysis) is 2. The molecule has 0 aliphatic heterocycles. The number of amides is 2. The van der Waals surface area contributed by atoms with Gasteiger partial charge in [-0.2, -0.15) is 0 Å². The molecule has 6 heteroatoms. The summed E-state index contributed by atoms with van der Waals surface area (Å²) in [6, 6.07) is 7.53. The highest BCUT2D eigenvalue weighted by molar-refractivity contribution is 5.68. The number of hydrogen-bond acceptors (Lipinski definition) is 4. The smallest absolute Gasteiger partial charge is 0.408 e. The first-order valence-electron chi connectivity index (χ1n) is 7.60. The molecule has 1 aromatic rings. The molecule has 23 heavy (non-hydrogen) atoms. The molecule has 0 saturated heterocycles. The van der Waals surface area contributed by atoms with E-state index in [1.165, 1.54) is 7.11 Å². The van der Waals surface area contributed by atoms with Crippen molar-refractivity contribution in [2.24, 2.45) is 0 Å². The minimum atomic E-state index is -0.565. The van der Waals surface area contributed by atoms with E-state index in [0.717, 1.165) is 11.1 Å². The Kier molecular flexibility index (Phi) is 6.88. The first-order valence-corrected chi connectivity index (χ1v) is 7.60. The van der Waals surface area contributed by atoms with Gasteiger partial charge in [-0.15, -0.1) is 0 Å². The SMILES string of the molecule is COC(=O)NCC[C@H](NC(=O)OC(C)(C)C)c1ccccc1C. The van der Waals surface area contributed by atoms with E-state index >= 15 is 0 Å². The van der Waals surface area contributed by atoms with Crippen molar-refractivity contribution in [3.05, 3.63) is 35.4 Å². The number of carbonyl (C=O) groups is 2. The second-order valence-corrected chi connectivity index (χ2v) is 6.26. The van der Waals surface area contributed by atoms with E-state index in [4.69, 9.17) is 4.74 Å². The fraction of sp³-hybridized carbons (Fsp3) is 0.529. The number of nitrogens with one attached hydrogen (secondary N) is 2. The van der Waals surface area contributed by atoms with E-state index in [1.54, 1.807) is 0 Å². The van der Waals surface area contributed by atoms with Gasteiger partial charge in [0.15, 0.2) is 0 Å². The summed E-state index contributed by atoms with van der Waals surface area (Å²) in [4.78, 5) is 23.2.